The predicted molar refractivity (Wildman–Crippen MR) is 92.8 cm³/mol. The van der Waals surface area contributed by atoms with Crippen LogP contribution < -0.4 is 16.0 Å². The summed E-state index contributed by atoms with van der Waals surface area (Å²) in [5, 5.41) is 13.1. The maximum atomic E-state index is 5.66. The van der Waals surface area contributed by atoms with Gasteiger partial charge in [0.15, 0.2) is 11.5 Å². The van der Waals surface area contributed by atoms with Gasteiger partial charge in [0.2, 0.25) is 5.13 Å². The monoisotopic (exact) mass is 345 g/mol. The van der Waals surface area contributed by atoms with E-state index in [0.717, 1.165) is 42.3 Å². The number of hydrogen-bond donors (Lipinski definition) is 3. The Morgan fingerprint density at radius 3 is 2.88 bits per heavy atom. The lowest BCUT2D eigenvalue weighted by Crippen LogP contribution is -2.43. The number of nitrogens with one attached hydrogen (secondary N) is 2. The van der Waals surface area contributed by atoms with E-state index in [1.807, 2.05) is 0 Å². The minimum atomic E-state index is 0.162. The Balaban J connectivity index is 1.39. The molecule has 126 valence electrons. The molecule has 0 aliphatic carbocycles. The lowest BCUT2D eigenvalue weighted by Gasteiger charge is -2.34. The normalized spacial score (nSPS) is 17.5. The van der Waals surface area contributed by atoms with Crippen molar-refractivity contribution in [2.24, 2.45) is 0 Å². The fourth-order valence-electron chi connectivity index (χ4n) is 3.10. The lowest BCUT2D eigenvalue weighted by molar-refractivity contribution is 0.379. The van der Waals surface area contributed by atoms with Crippen molar-refractivity contribution in [1.82, 2.24) is 35.5 Å². The van der Waals surface area contributed by atoms with Gasteiger partial charge in [0.05, 0.1) is 12.4 Å². The molecule has 1 saturated heterocycles. The van der Waals surface area contributed by atoms with E-state index >= 15 is 0 Å². The first kappa shape index (κ1) is 15.2. The van der Waals surface area contributed by atoms with Gasteiger partial charge in [0.1, 0.15) is 16.9 Å². The molecule has 9 nitrogen and oxygen atoms in total. The minimum Gasteiger partial charge on any atom is -0.374 e. The van der Waals surface area contributed by atoms with Crippen molar-refractivity contribution in [3.05, 3.63) is 17.7 Å². The Morgan fingerprint density at radius 1 is 1.29 bits per heavy atom. The number of aromatic amines is 1. The smallest absolute Gasteiger partial charge is 0.203 e. The first-order chi connectivity index (χ1) is 11.7. The molecule has 24 heavy (non-hydrogen) atoms. The molecule has 0 bridgehead atoms. The number of nitrogen functional groups attached to an aromatic ring is 1. The van der Waals surface area contributed by atoms with Crippen LogP contribution in [-0.4, -0.2) is 49.3 Å². The number of fused-ring (bicyclic) bond motifs is 1. The standard InChI is InChI=1S/C14H19N9S/c1-8(13-21-22-14(15)24-13)20-9-2-4-23(5-3-9)12-10-11(17-6-16-10)18-7-19-12/h6-9,20H,2-5H2,1H3,(H2,15,22)(H,16,17,18,19). The zero-order valence-electron chi connectivity index (χ0n) is 13.3. The van der Waals surface area contributed by atoms with Crippen molar-refractivity contribution < 1.29 is 0 Å². The van der Waals surface area contributed by atoms with Gasteiger partial charge in [-0.1, -0.05) is 11.3 Å². The second-order valence-electron chi connectivity index (χ2n) is 5.93. The maximum absolute atomic E-state index is 5.66. The van der Waals surface area contributed by atoms with Gasteiger partial charge >= 0.3 is 0 Å². The summed E-state index contributed by atoms with van der Waals surface area (Å²) < 4.78 is 0. The predicted octanol–water partition coefficient (Wildman–Crippen LogP) is 1.11. The number of aromatic nitrogens is 6. The molecule has 1 atom stereocenters. The molecule has 1 unspecified atom stereocenters. The fourth-order valence-corrected chi connectivity index (χ4v) is 3.72. The van der Waals surface area contributed by atoms with Crippen LogP contribution in [0.1, 0.15) is 30.8 Å². The lowest BCUT2D eigenvalue weighted by atomic mass is 10.0. The molecule has 3 aromatic heterocycles. The molecule has 0 aromatic carbocycles. The van der Waals surface area contributed by atoms with Crippen molar-refractivity contribution in [3.8, 4) is 0 Å². The quantitative estimate of drug-likeness (QED) is 0.643. The van der Waals surface area contributed by atoms with Gasteiger partial charge in [-0.15, -0.1) is 10.2 Å². The van der Waals surface area contributed by atoms with E-state index in [2.05, 4.69) is 47.3 Å². The Bertz CT molecular complexity index is 820. The number of H-pyrrole nitrogens is 1. The minimum absolute atomic E-state index is 0.162. The van der Waals surface area contributed by atoms with E-state index in [1.165, 1.54) is 11.3 Å². The van der Waals surface area contributed by atoms with Crippen LogP contribution in [0, 0.1) is 0 Å². The van der Waals surface area contributed by atoms with Crippen molar-refractivity contribution in [3.63, 3.8) is 0 Å². The first-order valence-corrected chi connectivity index (χ1v) is 8.76. The zero-order valence-corrected chi connectivity index (χ0v) is 14.1. The number of imidazole rings is 1. The summed E-state index contributed by atoms with van der Waals surface area (Å²) in [5.74, 6) is 0.931. The van der Waals surface area contributed by atoms with E-state index < -0.39 is 0 Å². The topological polar surface area (TPSA) is 122 Å². The number of piperidine rings is 1. The molecular formula is C14H19N9S. The highest BCUT2D eigenvalue weighted by molar-refractivity contribution is 7.15. The van der Waals surface area contributed by atoms with Gasteiger partial charge in [-0.3, -0.25) is 0 Å². The molecule has 1 aliphatic rings. The van der Waals surface area contributed by atoms with E-state index in [-0.39, 0.29) is 6.04 Å². The zero-order chi connectivity index (χ0) is 16.5. The summed E-state index contributed by atoms with van der Waals surface area (Å²) in [7, 11) is 0. The van der Waals surface area contributed by atoms with E-state index in [4.69, 9.17) is 5.73 Å². The molecule has 4 N–H and O–H groups in total. The van der Waals surface area contributed by atoms with Crippen molar-refractivity contribution in [2.75, 3.05) is 23.7 Å². The Kier molecular flexibility index (Phi) is 3.98. The molecule has 1 fully saturated rings. The molecule has 10 heteroatoms. The average molecular weight is 345 g/mol. The number of nitrogens with zero attached hydrogens (tertiary/aromatic N) is 6. The highest BCUT2D eigenvalue weighted by Gasteiger charge is 2.24. The Labute approximate surface area is 142 Å². The molecule has 0 spiro atoms. The second-order valence-corrected chi connectivity index (χ2v) is 6.97. The van der Waals surface area contributed by atoms with Crippen molar-refractivity contribution >= 4 is 33.5 Å². The Morgan fingerprint density at radius 2 is 2.12 bits per heavy atom. The molecule has 0 radical (unpaired) electrons. The van der Waals surface area contributed by atoms with Crippen LogP contribution in [0.5, 0.6) is 0 Å². The molecule has 3 aromatic rings. The first-order valence-electron chi connectivity index (χ1n) is 7.94. The number of hydrogen-bond acceptors (Lipinski definition) is 9. The SMILES string of the molecule is CC(NC1CCN(c2ncnc3nc[nH]c23)CC1)c1nnc(N)s1. The molecular weight excluding hydrogens is 326 g/mol. The Hall–Kier alpha value is -2.33. The highest BCUT2D eigenvalue weighted by atomic mass is 32.1. The third kappa shape index (κ3) is 2.89. The summed E-state index contributed by atoms with van der Waals surface area (Å²) in [5.41, 5.74) is 7.27. The van der Waals surface area contributed by atoms with Gasteiger partial charge < -0.3 is 20.9 Å². The largest absolute Gasteiger partial charge is 0.374 e. The molecule has 4 rings (SSSR count). The number of nitrogens with two attached hydrogens (primary N) is 1. The molecule has 0 amide bonds. The van der Waals surface area contributed by atoms with Crippen LogP contribution in [-0.2, 0) is 0 Å². The van der Waals surface area contributed by atoms with E-state index in [9.17, 15) is 0 Å². The van der Waals surface area contributed by atoms with Crippen LogP contribution in [0.4, 0.5) is 10.9 Å². The molecule has 4 heterocycles. The summed E-state index contributed by atoms with van der Waals surface area (Å²) in [4.78, 5) is 18.2. The van der Waals surface area contributed by atoms with Crippen LogP contribution in [0.15, 0.2) is 12.7 Å². The fraction of sp³-hybridized carbons (Fsp3) is 0.500. The van der Waals surface area contributed by atoms with E-state index in [0.29, 0.717) is 16.8 Å². The van der Waals surface area contributed by atoms with Gasteiger partial charge in [-0.05, 0) is 19.8 Å². The summed E-state index contributed by atoms with van der Waals surface area (Å²) in [6.07, 6.45) is 5.31. The number of anilines is 2. The summed E-state index contributed by atoms with van der Waals surface area (Å²) >= 11 is 1.44. The summed E-state index contributed by atoms with van der Waals surface area (Å²) in [6.45, 7) is 3.98. The third-order valence-electron chi connectivity index (χ3n) is 4.31. The second kappa shape index (κ2) is 6.29. The van der Waals surface area contributed by atoms with Gasteiger partial charge in [-0.25, -0.2) is 15.0 Å². The van der Waals surface area contributed by atoms with Crippen LogP contribution in [0.2, 0.25) is 0 Å². The molecule has 0 saturated carbocycles. The van der Waals surface area contributed by atoms with Gasteiger partial charge in [-0.2, -0.15) is 0 Å². The average Bonchev–Trinajstić information content (AvgIpc) is 3.24. The highest BCUT2D eigenvalue weighted by Crippen LogP contribution is 2.25. The van der Waals surface area contributed by atoms with Crippen LogP contribution in [0.3, 0.4) is 0 Å². The number of rotatable bonds is 4. The van der Waals surface area contributed by atoms with Gasteiger partial charge in [0, 0.05) is 19.1 Å². The molecule has 1 aliphatic heterocycles. The van der Waals surface area contributed by atoms with E-state index in [1.54, 1.807) is 12.7 Å². The van der Waals surface area contributed by atoms with Crippen molar-refractivity contribution in [2.45, 2.75) is 31.8 Å². The van der Waals surface area contributed by atoms with Gasteiger partial charge in [0.25, 0.3) is 0 Å². The van der Waals surface area contributed by atoms with Crippen molar-refractivity contribution in [1.29, 1.82) is 0 Å². The maximum Gasteiger partial charge on any atom is 0.203 e. The van der Waals surface area contributed by atoms with Crippen LogP contribution in [0.25, 0.3) is 11.2 Å². The van der Waals surface area contributed by atoms with Crippen LogP contribution >= 0.6 is 11.3 Å². The summed E-state index contributed by atoms with van der Waals surface area (Å²) in [6, 6.07) is 0.607. The third-order valence-corrected chi connectivity index (χ3v) is 5.24.